The first kappa shape index (κ1) is 27.6. The van der Waals surface area contributed by atoms with Gasteiger partial charge in [-0.25, -0.2) is 28.1 Å². The Bertz CT molecular complexity index is 1440. The van der Waals surface area contributed by atoms with E-state index in [-0.39, 0.29) is 30.8 Å². The third-order valence-corrected chi connectivity index (χ3v) is 7.09. The van der Waals surface area contributed by atoms with Gasteiger partial charge < -0.3 is 15.6 Å². The largest absolute Gasteiger partial charge is 0.418 e. The number of nitrogens with two attached hydrogens (primary N) is 1. The van der Waals surface area contributed by atoms with Crippen LogP contribution in [0.4, 0.5) is 19.0 Å². The molecule has 11 nitrogen and oxygen atoms in total. The van der Waals surface area contributed by atoms with E-state index in [2.05, 4.69) is 19.7 Å². The highest BCUT2D eigenvalue weighted by Crippen LogP contribution is 2.34. The summed E-state index contributed by atoms with van der Waals surface area (Å²) in [4.78, 5) is 24.7. The average Bonchev–Trinajstić information content (AvgIpc) is 3.52. The summed E-state index contributed by atoms with van der Waals surface area (Å²) in [5.74, 6) is -0.406. The minimum Gasteiger partial charge on any atom is -0.382 e. The molecule has 1 aliphatic heterocycles. The van der Waals surface area contributed by atoms with E-state index >= 15 is 0 Å². The number of anilines is 1. The SMILES string of the molecule is Nc1ncnc2c1ncn2[C@H]1CC[C@@H](CNS(=O)(=O)/C=C/CCC(=O)c2ccccc2C(O)C(F)(F)F)O1. The number of nitrogen functional groups attached to an aromatic ring is 1. The molecule has 1 aromatic carbocycles. The number of hydrogen-bond acceptors (Lipinski definition) is 9. The van der Waals surface area contributed by atoms with Crippen molar-refractivity contribution in [3.63, 3.8) is 0 Å². The Morgan fingerprint density at radius 2 is 2.03 bits per heavy atom. The molecule has 3 atom stereocenters. The van der Waals surface area contributed by atoms with Crippen molar-refractivity contribution < 1.29 is 36.2 Å². The molecule has 1 unspecified atom stereocenters. The Morgan fingerprint density at radius 3 is 2.79 bits per heavy atom. The lowest BCUT2D eigenvalue weighted by molar-refractivity contribution is -0.206. The van der Waals surface area contributed by atoms with Gasteiger partial charge in [-0.1, -0.05) is 30.3 Å². The Kier molecular flexibility index (Phi) is 8.10. The van der Waals surface area contributed by atoms with Gasteiger partial charge in [0.15, 0.2) is 23.4 Å². The summed E-state index contributed by atoms with van der Waals surface area (Å²) in [6, 6.07) is 4.90. The van der Waals surface area contributed by atoms with Crippen molar-refractivity contribution in [2.75, 3.05) is 12.3 Å². The number of ether oxygens (including phenoxy) is 1. The molecule has 4 rings (SSSR count). The van der Waals surface area contributed by atoms with E-state index in [0.29, 0.717) is 24.0 Å². The van der Waals surface area contributed by atoms with Gasteiger partial charge in [0.05, 0.1) is 12.4 Å². The first-order valence-corrected chi connectivity index (χ1v) is 13.1. The van der Waals surface area contributed by atoms with Gasteiger partial charge in [0.25, 0.3) is 0 Å². The monoisotopic (exact) mass is 554 g/mol. The first-order chi connectivity index (χ1) is 18.0. The molecule has 3 heterocycles. The van der Waals surface area contributed by atoms with Crippen LogP contribution in [0.2, 0.25) is 0 Å². The molecule has 1 fully saturated rings. The van der Waals surface area contributed by atoms with Crippen LogP contribution in [-0.2, 0) is 14.8 Å². The standard InChI is InChI=1S/C23H25F3N6O5S/c24-23(25,26)20(34)16-6-2-1-5-15(16)17(33)7-3-4-10-38(35,36)31-11-14-8-9-18(37-14)32-13-30-19-21(27)28-12-29-22(19)32/h1-2,4-6,10,12-14,18,20,31,34H,3,7-9,11H2,(H2,27,28,29)/b10-4+/t14-,18+,20?/m0/s1. The van der Waals surface area contributed by atoms with Crippen molar-refractivity contribution in [3.05, 3.63) is 59.5 Å². The number of rotatable bonds is 10. The molecular formula is C23H25F3N6O5S. The maximum absolute atomic E-state index is 12.9. The molecule has 204 valence electrons. The quantitative estimate of drug-likeness (QED) is 0.320. The number of alkyl halides is 3. The molecular weight excluding hydrogens is 529 g/mol. The number of aliphatic hydroxyl groups is 1. The maximum Gasteiger partial charge on any atom is 0.418 e. The zero-order chi connectivity index (χ0) is 27.5. The number of fused-ring (bicyclic) bond motifs is 1. The zero-order valence-electron chi connectivity index (χ0n) is 19.9. The summed E-state index contributed by atoms with van der Waals surface area (Å²) in [5.41, 5.74) is 5.95. The number of aliphatic hydroxyl groups excluding tert-OH is 1. The van der Waals surface area contributed by atoms with Crippen molar-refractivity contribution in [2.45, 2.75) is 50.3 Å². The van der Waals surface area contributed by atoms with E-state index in [4.69, 9.17) is 10.5 Å². The third kappa shape index (κ3) is 6.35. The minimum atomic E-state index is -4.92. The van der Waals surface area contributed by atoms with Gasteiger partial charge in [0, 0.05) is 29.5 Å². The summed E-state index contributed by atoms with van der Waals surface area (Å²) in [6.45, 7) is 0.00849. The van der Waals surface area contributed by atoms with E-state index in [0.717, 1.165) is 11.5 Å². The van der Waals surface area contributed by atoms with Crippen LogP contribution in [0.1, 0.15) is 53.9 Å². The number of carbonyl (C=O) groups is 1. The van der Waals surface area contributed by atoms with E-state index in [1.165, 1.54) is 30.6 Å². The Hall–Kier alpha value is -3.40. The summed E-state index contributed by atoms with van der Waals surface area (Å²) >= 11 is 0. The van der Waals surface area contributed by atoms with Crippen molar-refractivity contribution in [2.24, 2.45) is 0 Å². The highest BCUT2D eigenvalue weighted by Gasteiger charge is 2.41. The van der Waals surface area contributed by atoms with Gasteiger partial charge in [0.2, 0.25) is 10.0 Å². The molecule has 38 heavy (non-hydrogen) atoms. The van der Waals surface area contributed by atoms with Gasteiger partial charge >= 0.3 is 6.18 Å². The summed E-state index contributed by atoms with van der Waals surface area (Å²) in [7, 11) is -3.85. The molecule has 2 aromatic heterocycles. The number of Topliss-reactive ketones (excluding diaryl/α,β-unsaturated/α-hetero) is 1. The lowest BCUT2D eigenvalue weighted by Crippen LogP contribution is -2.30. The summed E-state index contributed by atoms with van der Waals surface area (Å²) in [6.07, 6.45) is -3.51. The highest BCUT2D eigenvalue weighted by molar-refractivity contribution is 7.92. The van der Waals surface area contributed by atoms with Crippen LogP contribution >= 0.6 is 0 Å². The van der Waals surface area contributed by atoms with Gasteiger partial charge in [-0.05, 0) is 19.3 Å². The number of carbonyl (C=O) groups excluding carboxylic acids is 1. The smallest absolute Gasteiger partial charge is 0.382 e. The fourth-order valence-electron chi connectivity index (χ4n) is 4.09. The van der Waals surface area contributed by atoms with Crippen molar-refractivity contribution >= 4 is 32.8 Å². The maximum atomic E-state index is 12.9. The molecule has 0 aliphatic carbocycles. The number of nitrogens with one attached hydrogen (secondary N) is 1. The number of halogens is 3. The fraction of sp³-hybridized carbons (Fsp3) is 0.391. The Labute approximate surface area is 215 Å². The molecule has 1 aliphatic rings. The van der Waals surface area contributed by atoms with Crippen molar-refractivity contribution in [1.29, 1.82) is 0 Å². The number of imidazole rings is 1. The Morgan fingerprint density at radius 1 is 1.26 bits per heavy atom. The van der Waals surface area contributed by atoms with E-state index in [1.807, 2.05) is 0 Å². The second-order valence-electron chi connectivity index (χ2n) is 8.63. The minimum absolute atomic E-state index is 0.00849. The number of allylic oxidation sites excluding steroid dienone is 1. The molecule has 0 bridgehead atoms. The molecule has 0 amide bonds. The number of ketones is 1. The topological polar surface area (TPSA) is 162 Å². The third-order valence-electron chi connectivity index (χ3n) is 5.97. The van der Waals surface area contributed by atoms with Crippen LogP contribution in [0.3, 0.4) is 0 Å². The molecule has 4 N–H and O–H groups in total. The summed E-state index contributed by atoms with van der Waals surface area (Å²) in [5, 5.41) is 10.4. The predicted octanol–water partition coefficient (Wildman–Crippen LogP) is 2.78. The lowest BCUT2D eigenvalue weighted by atomic mass is 9.96. The summed E-state index contributed by atoms with van der Waals surface area (Å²) < 4.78 is 73.4. The van der Waals surface area contributed by atoms with Crippen LogP contribution in [0.5, 0.6) is 0 Å². The van der Waals surface area contributed by atoms with Gasteiger partial charge in [0.1, 0.15) is 18.1 Å². The predicted molar refractivity (Wildman–Crippen MR) is 130 cm³/mol. The fourth-order valence-corrected chi connectivity index (χ4v) is 4.99. The van der Waals surface area contributed by atoms with Crippen molar-refractivity contribution in [3.8, 4) is 0 Å². The second kappa shape index (κ2) is 11.1. The molecule has 1 saturated heterocycles. The molecule has 15 heteroatoms. The normalized spacial score (nSPS) is 19.4. The molecule has 0 saturated carbocycles. The van der Waals surface area contributed by atoms with E-state index in [9.17, 15) is 31.5 Å². The lowest BCUT2D eigenvalue weighted by Gasteiger charge is -2.17. The number of sulfonamides is 1. The number of hydrogen-bond donors (Lipinski definition) is 3. The first-order valence-electron chi connectivity index (χ1n) is 11.6. The van der Waals surface area contributed by atoms with Crippen LogP contribution in [0.15, 0.2) is 48.4 Å². The molecule has 0 radical (unpaired) electrons. The van der Waals surface area contributed by atoms with Crippen molar-refractivity contribution in [1.82, 2.24) is 24.2 Å². The van der Waals surface area contributed by atoms with Crippen LogP contribution in [-0.4, -0.2) is 57.7 Å². The molecule has 3 aromatic rings. The molecule has 0 spiro atoms. The second-order valence-corrected chi connectivity index (χ2v) is 10.3. The highest BCUT2D eigenvalue weighted by atomic mass is 32.2. The number of aromatic nitrogens is 4. The van der Waals surface area contributed by atoms with Crippen LogP contribution < -0.4 is 10.5 Å². The Balaban J connectivity index is 1.27. The van der Waals surface area contributed by atoms with Crippen LogP contribution in [0, 0.1) is 0 Å². The average molecular weight is 555 g/mol. The van der Waals surface area contributed by atoms with Gasteiger partial charge in [-0.3, -0.25) is 9.36 Å². The zero-order valence-corrected chi connectivity index (χ0v) is 20.7. The van der Waals surface area contributed by atoms with Crippen LogP contribution in [0.25, 0.3) is 11.2 Å². The van der Waals surface area contributed by atoms with Gasteiger partial charge in [-0.15, -0.1) is 0 Å². The van der Waals surface area contributed by atoms with E-state index < -0.39 is 46.0 Å². The van der Waals surface area contributed by atoms with Gasteiger partial charge in [-0.2, -0.15) is 13.2 Å². The number of benzene rings is 1. The van der Waals surface area contributed by atoms with E-state index in [1.54, 1.807) is 10.9 Å². The number of nitrogens with zero attached hydrogens (tertiary/aromatic N) is 4.